The summed E-state index contributed by atoms with van der Waals surface area (Å²) in [6.45, 7) is 2.02. The van der Waals surface area contributed by atoms with Gasteiger partial charge in [0.2, 0.25) is 0 Å². The number of carbonyl (C=O) groups is 1. The fourth-order valence-corrected chi connectivity index (χ4v) is 3.59. The van der Waals surface area contributed by atoms with Gasteiger partial charge in [-0.2, -0.15) is 0 Å². The molecule has 1 aromatic rings. The summed E-state index contributed by atoms with van der Waals surface area (Å²) in [6.07, 6.45) is 7.72. The van der Waals surface area contributed by atoms with Crippen molar-refractivity contribution in [3.63, 3.8) is 0 Å². The van der Waals surface area contributed by atoms with Crippen molar-refractivity contribution in [3.05, 3.63) is 64.9 Å². The van der Waals surface area contributed by atoms with Crippen LogP contribution in [0.15, 0.2) is 59.3 Å². The molecule has 0 N–H and O–H groups in total. The average Bonchev–Trinajstić information content (AvgIpc) is 2.76. The summed E-state index contributed by atoms with van der Waals surface area (Å²) in [7, 11) is 1.92. The fraction of sp³-hybridized carbons (Fsp3) is 0.125. The second-order valence-corrected chi connectivity index (χ2v) is 6.51. The molecule has 2 aliphatic rings. The maximum atomic E-state index is 12.7. The third-order valence-corrected chi connectivity index (χ3v) is 4.73. The van der Waals surface area contributed by atoms with Crippen molar-refractivity contribution in [1.29, 1.82) is 0 Å². The summed E-state index contributed by atoms with van der Waals surface area (Å²) in [5.41, 5.74) is 2.85. The van der Waals surface area contributed by atoms with Crippen molar-refractivity contribution in [1.82, 2.24) is 4.90 Å². The molecule has 5 heteroatoms. The number of benzene rings is 1. The van der Waals surface area contributed by atoms with Gasteiger partial charge in [-0.25, -0.2) is 0 Å². The molecule has 0 saturated carbocycles. The maximum Gasteiger partial charge on any atom is 0.272 e. The molecule has 21 heavy (non-hydrogen) atoms. The van der Waals surface area contributed by atoms with Crippen molar-refractivity contribution in [2.24, 2.45) is 0 Å². The predicted molar refractivity (Wildman–Crippen MR) is 91.9 cm³/mol. The van der Waals surface area contributed by atoms with Crippen LogP contribution < -0.4 is 4.90 Å². The zero-order valence-corrected chi connectivity index (χ0v) is 13.4. The number of likely N-dealkylation sites (N-methyl/N-ethyl adjacent to an activating group) is 1. The number of amides is 1. The Kier molecular flexibility index (Phi) is 3.69. The fourth-order valence-electron chi connectivity index (χ4n) is 2.20. The second-order valence-electron chi connectivity index (χ2n) is 4.87. The molecule has 2 heterocycles. The Morgan fingerprint density at radius 1 is 1.14 bits per heavy atom. The van der Waals surface area contributed by atoms with Crippen LogP contribution in [0.4, 0.5) is 5.69 Å². The zero-order chi connectivity index (χ0) is 15.0. The molecule has 1 saturated heterocycles. The molecule has 0 aromatic heterocycles. The highest BCUT2D eigenvalue weighted by molar-refractivity contribution is 8.27. The molecule has 0 spiro atoms. The number of nitrogens with zero attached hydrogens (tertiary/aromatic N) is 2. The first-order valence-electron chi connectivity index (χ1n) is 6.53. The first-order chi connectivity index (χ1) is 10.1. The molecule has 2 aliphatic heterocycles. The normalized spacial score (nSPS) is 21.6. The van der Waals surface area contributed by atoms with Gasteiger partial charge in [0, 0.05) is 13.2 Å². The average molecular weight is 314 g/mol. The van der Waals surface area contributed by atoms with Crippen LogP contribution >= 0.6 is 24.0 Å². The Bertz CT molecular complexity index is 701. The minimum absolute atomic E-state index is 0.0596. The van der Waals surface area contributed by atoms with Gasteiger partial charge in [0.05, 0.1) is 11.4 Å². The lowest BCUT2D eigenvalue weighted by molar-refractivity contribution is -0.113. The summed E-state index contributed by atoms with van der Waals surface area (Å²) in [5, 5.41) is 0. The standard InChI is InChI=1S/C16H14N2OS2/c1-11-6-8-12(9-7-11)18-15(19)14(21-16(18)20)13-5-3-4-10-17(13)2/h3-10H,1-2H3/b14-13+. The smallest absolute Gasteiger partial charge is 0.272 e. The third-order valence-electron chi connectivity index (χ3n) is 3.35. The number of rotatable bonds is 1. The van der Waals surface area contributed by atoms with Gasteiger partial charge in [-0.05, 0) is 31.2 Å². The molecule has 0 bridgehead atoms. The first kappa shape index (κ1) is 14.1. The van der Waals surface area contributed by atoms with Gasteiger partial charge in [-0.1, -0.05) is 47.8 Å². The molecular weight excluding hydrogens is 300 g/mol. The van der Waals surface area contributed by atoms with E-state index in [1.165, 1.54) is 11.8 Å². The van der Waals surface area contributed by atoms with Crippen LogP contribution in [0.3, 0.4) is 0 Å². The number of allylic oxidation sites excluding steroid dienone is 3. The summed E-state index contributed by atoms with van der Waals surface area (Å²) < 4.78 is 0.572. The van der Waals surface area contributed by atoms with Crippen LogP contribution in [0.25, 0.3) is 0 Å². The molecule has 0 radical (unpaired) electrons. The van der Waals surface area contributed by atoms with E-state index < -0.39 is 0 Å². The Labute approximate surface area is 133 Å². The molecule has 3 nitrogen and oxygen atoms in total. The Morgan fingerprint density at radius 2 is 1.86 bits per heavy atom. The molecule has 0 unspecified atom stereocenters. The van der Waals surface area contributed by atoms with Crippen molar-refractivity contribution in [2.75, 3.05) is 11.9 Å². The van der Waals surface area contributed by atoms with Crippen LogP contribution in [-0.2, 0) is 4.79 Å². The number of carbonyl (C=O) groups excluding carboxylic acids is 1. The van der Waals surface area contributed by atoms with Gasteiger partial charge in [0.25, 0.3) is 5.91 Å². The molecule has 1 amide bonds. The monoisotopic (exact) mass is 314 g/mol. The summed E-state index contributed by atoms with van der Waals surface area (Å²) in [5.74, 6) is -0.0596. The van der Waals surface area contributed by atoms with Crippen molar-refractivity contribution in [2.45, 2.75) is 6.92 Å². The maximum absolute atomic E-state index is 12.7. The molecule has 0 atom stereocenters. The van der Waals surface area contributed by atoms with Gasteiger partial charge in [0.1, 0.15) is 4.91 Å². The number of hydrogen-bond acceptors (Lipinski definition) is 4. The van der Waals surface area contributed by atoms with Gasteiger partial charge in [-0.15, -0.1) is 0 Å². The SMILES string of the molecule is Cc1ccc(N2C(=O)/C(=C3/C=CC=CN3C)SC2=S)cc1. The first-order valence-corrected chi connectivity index (χ1v) is 7.75. The Balaban J connectivity index is 2.00. The van der Waals surface area contributed by atoms with E-state index in [-0.39, 0.29) is 5.91 Å². The van der Waals surface area contributed by atoms with Crippen LogP contribution in [0, 0.1) is 6.92 Å². The highest BCUT2D eigenvalue weighted by atomic mass is 32.2. The van der Waals surface area contributed by atoms with Gasteiger partial charge in [-0.3, -0.25) is 9.69 Å². The van der Waals surface area contributed by atoms with Crippen molar-refractivity contribution in [3.8, 4) is 0 Å². The van der Waals surface area contributed by atoms with E-state index >= 15 is 0 Å². The Morgan fingerprint density at radius 3 is 2.52 bits per heavy atom. The molecule has 106 valence electrons. The number of anilines is 1. The molecule has 0 aliphatic carbocycles. The third kappa shape index (κ3) is 2.54. The topological polar surface area (TPSA) is 23.6 Å². The molecule has 3 rings (SSSR count). The van der Waals surface area contributed by atoms with E-state index in [1.807, 2.05) is 67.6 Å². The predicted octanol–water partition coefficient (Wildman–Crippen LogP) is 3.59. The minimum Gasteiger partial charge on any atom is -0.350 e. The molecule has 1 aromatic carbocycles. The number of hydrogen-bond donors (Lipinski definition) is 0. The minimum atomic E-state index is -0.0596. The van der Waals surface area contributed by atoms with E-state index in [2.05, 4.69) is 0 Å². The summed E-state index contributed by atoms with van der Waals surface area (Å²) in [6, 6.07) is 7.81. The van der Waals surface area contributed by atoms with E-state index in [1.54, 1.807) is 4.90 Å². The van der Waals surface area contributed by atoms with Crippen molar-refractivity contribution < 1.29 is 4.79 Å². The van der Waals surface area contributed by atoms with Crippen LogP contribution in [0.1, 0.15) is 5.56 Å². The van der Waals surface area contributed by atoms with E-state index in [0.717, 1.165) is 16.9 Å². The van der Waals surface area contributed by atoms with Crippen molar-refractivity contribution >= 4 is 39.9 Å². The highest BCUT2D eigenvalue weighted by Crippen LogP contribution is 2.38. The Hall–Kier alpha value is -1.85. The summed E-state index contributed by atoms with van der Waals surface area (Å²) >= 11 is 6.74. The lowest BCUT2D eigenvalue weighted by atomic mass is 10.2. The highest BCUT2D eigenvalue weighted by Gasteiger charge is 2.35. The van der Waals surface area contributed by atoms with Gasteiger partial charge < -0.3 is 4.90 Å². The van der Waals surface area contributed by atoms with Gasteiger partial charge >= 0.3 is 0 Å². The molecule has 1 fully saturated rings. The molecular formula is C16H14N2OS2. The number of thioether (sulfide) groups is 1. The quantitative estimate of drug-likeness (QED) is 0.584. The number of aryl methyl sites for hydroxylation is 1. The van der Waals surface area contributed by atoms with E-state index in [0.29, 0.717) is 9.23 Å². The summed E-state index contributed by atoms with van der Waals surface area (Å²) in [4.78, 5) is 16.9. The van der Waals surface area contributed by atoms with E-state index in [4.69, 9.17) is 12.2 Å². The lowest BCUT2D eigenvalue weighted by Gasteiger charge is -2.19. The lowest BCUT2D eigenvalue weighted by Crippen LogP contribution is -2.28. The van der Waals surface area contributed by atoms with Gasteiger partial charge in [0.15, 0.2) is 4.32 Å². The van der Waals surface area contributed by atoms with Crippen LogP contribution in [0.5, 0.6) is 0 Å². The number of thiocarbonyl (C=S) groups is 1. The second kappa shape index (κ2) is 5.50. The van der Waals surface area contributed by atoms with Crippen LogP contribution in [0.2, 0.25) is 0 Å². The largest absolute Gasteiger partial charge is 0.350 e. The van der Waals surface area contributed by atoms with Crippen LogP contribution in [-0.4, -0.2) is 22.2 Å². The van der Waals surface area contributed by atoms with E-state index in [9.17, 15) is 4.79 Å². The zero-order valence-electron chi connectivity index (χ0n) is 11.7.